The third-order valence-electron chi connectivity index (χ3n) is 3.39. The van der Waals surface area contributed by atoms with Gasteiger partial charge in [-0.15, -0.1) is 0 Å². The highest BCUT2D eigenvalue weighted by atomic mass is 16.5. The van der Waals surface area contributed by atoms with Crippen LogP contribution in [0.4, 0.5) is 0 Å². The Morgan fingerprint density at radius 3 is 2.26 bits per heavy atom. The maximum Gasteiger partial charge on any atom is 0.125 e. The van der Waals surface area contributed by atoms with Gasteiger partial charge >= 0.3 is 0 Å². The maximum absolute atomic E-state index is 9.73. The number of benzene rings is 2. The molecule has 0 radical (unpaired) electrons. The Bertz CT molecular complexity index is 539. The van der Waals surface area contributed by atoms with Crippen LogP contribution in [0.5, 0.6) is 5.75 Å². The van der Waals surface area contributed by atoms with Crippen molar-refractivity contribution in [2.75, 3.05) is 0 Å². The van der Waals surface area contributed by atoms with E-state index in [1.165, 1.54) is 16.7 Å². The van der Waals surface area contributed by atoms with Crippen molar-refractivity contribution in [3.05, 3.63) is 64.7 Å². The number of aliphatic hydroxyl groups excluding tert-OH is 1. The predicted octanol–water partition coefficient (Wildman–Crippen LogP) is 3.94. The van der Waals surface area contributed by atoms with E-state index in [0.717, 1.165) is 11.3 Å². The average Bonchev–Trinajstić information content (AvgIpc) is 2.38. The van der Waals surface area contributed by atoms with Crippen LogP contribution >= 0.6 is 0 Å². The molecule has 100 valence electrons. The lowest BCUT2D eigenvalue weighted by Gasteiger charge is -2.15. The molecule has 2 nitrogen and oxygen atoms in total. The first kappa shape index (κ1) is 13.6. The van der Waals surface area contributed by atoms with Crippen LogP contribution in [-0.2, 0) is 6.61 Å². The molecule has 0 amide bonds. The SMILES string of the molecule is Cc1cccc(C)c1COc1ccccc1[C@@H](C)O. The lowest BCUT2D eigenvalue weighted by molar-refractivity contribution is 0.190. The van der Waals surface area contributed by atoms with Crippen LogP contribution in [0, 0.1) is 13.8 Å². The second-order valence-corrected chi connectivity index (χ2v) is 4.87. The molecule has 2 aromatic carbocycles. The standard InChI is InChI=1S/C17H20O2/c1-12-7-6-8-13(2)16(12)11-19-17-10-5-4-9-15(17)14(3)18/h4-10,14,18H,11H2,1-3H3/t14-/m1/s1. The van der Waals surface area contributed by atoms with Crippen molar-refractivity contribution in [3.8, 4) is 5.75 Å². The fourth-order valence-electron chi connectivity index (χ4n) is 2.18. The molecule has 0 aliphatic heterocycles. The van der Waals surface area contributed by atoms with E-state index in [-0.39, 0.29) is 0 Å². The first-order valence-electron chi connectivity index (χ1n) is 6.54. The average molecular weight is 256 g/mol. The smallest absolute Gasteiger partial charge is 0.125 e. The fourth-order valence-corrected chi connectivity index (χ4v) is 2.18. The first-order chi connectivity index (χ1) is 9.09. The van der Waals surface area contributed by atoms with Gasteiger partial charge < -0.3 is 9.84 Å². The van der Waals surface area contributed by atoms with E-state index in [1.54, 1.807) is 6.92 Å². The van der Waals surface area contributed by atoms with Crippen LogP contribution in [-0.4, -0.2) is 5.11 Å². The highest BCUT2D eigenvalue weighted by Crippen LogP contribution is 2.26. The number of rotatable bonds is 4. The van der Waals surface area contributed by atoms with Crippen molar-refractivity contribution in [1.82, 2.24) is 0 Å². The van der Waals surface area contributed by atoms with Gasteiger partial charge in [0.15, 0.2) is 0 Å². The molecule has 2 rings (SSSR count). The van der Waals surface area contributed by atoms with Gasteiger partial charge in [-0.05, 0) is 43.5 Å². The highest BCUT2D eigenvalue weighted by Gasteiger charge is 2.09. The predicted molar refractivity (Wildman–Crippen MR) is 77.3 cm³/mol. The van der Waals surface area contributed by atoms with Crippen LogP contribution < -0.4 is 4.74 Å². The molecule has 0 heterocycles. The molecule has 0 saturated heterocycles. The lowest BCUT2D eigenvalue weighted by atomic mass is 10.0. The number of aliphatic hydroxyl groups is 1. The second kappa shape index (κ2) is 5.89. The van der Waals surface area contributed by atoms with Crippen molar-refractivity contribution in [3.63, 3.8) is 0 Å². The summed E-state index contributed by atoms with van der Waals surface area (Å²) < 4.78 is 5.89. The molecule has 0 fully saturated rings. The molecule has 2 heteroatoms. The van der Waals surface area contributed by atoms with Crippen molar-refractivity contribution in [1.29, 1.82) is 0 Å². The van der Waals surface area contributed by atoms with E-state index >= 15 is 0 Å². The van der Waals surface area contributed by atoms with Gasteiger partial charge in [-0.1, -0.05) is 36.4 Å². The van der Waals surface area contributed by atoms with Gasteiger partial charge in [-0.3, -0.25) is 0 Å². The number of aryl methyl sites for hydroxylation is 2. The Hall–Kier alpha value is -1.80. The van der Waals surface area contributed by atoms with Crippen molar-refractivity contribution in [2.24, 2.45) is 0 Å². The molecule has 19 heavy (non-hydrogen) atoms. The third kappa shape index (κ3) is 3.15. The molecule has 0 aliphatic rings. The zero-order valence-electron chi connectivity index (χ0n) is 11.7. The zero-order chi connectivity index (χ0) is 13.8. The van der Waals surface area contributed by atoms with Gasteiger partial charge in [0, 0.05) is 5.56 Å². The monoisotopic (exact) mass is 256 g/mol. The van der Waals surface area contributed by atoms with E-state index in [0.29, 0.717) is 6.61 Å². The Morgan fingerprint density at radius 2 is 1.63 bits per heavy atom. The Morgan fingerprint density at radius 1 is 1.00 bits per heavy atom. The fraction of sp³-hybridized carbons (Fsp3) is 0.294. The molecular formula is C17H20O2. The number of hydrogen-bond acceptors (Lipinski definition) is 2. The minimum Gasteiger partial charge on any atom is -0.489 e. The van der Waals surface area contributed by atoms with Crippen LogP contribution in [0.3, 0.4) is 0 Å². The summed E-state index contributed by atoms with van der Waals surface area (Å²) in [5, 5.41) is 9.73. The van der Waals surface area contributed by atoms with Gasteiger partial charge in [-0.25, -0.2) is 0 Å². The summed E-state index contributed by atoms with van der Waals surface area (Å²) in [4.78, 5) is 0. The van der Waals surface area contributed by atoms with E-state index in [2.05, 4.69) is 32.0 Å². The lowest BCUT2D eigenvalue weighted by Crippen LogP contribution is -2.03. The Labute approximate surface area is 114 Å². The molecule has 0 saturated carbocycles. The number of ether oxygens (including phenoxy) is 1. The van der Waals surface area contributed by atoms with Gasteiger partial charge in [0.1, 0.15) is 12.4 Å². The van der Waals surface area contributed by atoms with Crippen molar-refractivity contribution in [2.45, 2.75) is 33.5 Å². The molecule has 0 spiro atoms. The first-order valence-corrected chi connectivity index (χ1v) is 6.54. The summed E-state index contributed by atoms with van der Waals surface area (Å²) in [7, 11) is 0. The van der Waals surface area contributed by atoms with E-state index < -0.39 is 6.10 Å². The van der Waals surface area contributed by atoms with Crippen molar-refractivity contribution >= 4 is 0 Å². The normalized spacial score (nSPS) is 12.2. The molecule has 0 aliphatic carbocycles. The Kier molecular flexibility index (Phi) is 4.23. The summed E-state index contributed by atoms with van der Waals surface area (Å²) in [6.45, 7) is 6.46. The third-order valence-corrected chi connectivity index (χ3v) is 3.39. The Balaban J connectivity index is 2.19. The van der Waals surface area contributed by atoms with Gasteiger partial charge in [0.2, 0.25) is 0 Å². The minimum atomic E-state index is -0.519. The van der Waals surface area contributed by atoms with E-state index in [9.17, 15) is 5.11 Å². The van der Waals surface area contributed by atoms with Gasteiger partial charge in [0.25, 0.3) is 0 Å². The summed E-state index contributed by atoms with van der Waals surface area (Å²) in [5.41, 5.74) is 4.50. The summed E-state index contributed by atoms with van der Waals surface area (Å²) in [6, 6.07) is 13.9. The summed E-state index contributed by atoms with van der Waals surface area (Å²) in [5.74, 6) is 0.750. The molecule has 1 atom stereocenters. The minimum absolute atomic E-state index is 0.519. The van der Waals surface area contributed by atoms with Crippen LogP contribution in [0.1, 0.15) is 35.3 Å². The van der Waals surface area contributed by atoms with E-state index in [1.807, 2.05) is 24.3 Å². The second-order valence-electron chi connectivity index (χ2n) is 4.87. The molecule has 1 N–H and O–H groups in total. The molecule has 0 aromatic heterocycles. The molecular weight excluding hydrogens is 236 g/mol. The number of hydrogen-bond donors (Lipinski definition) is 1. The van der Waals surface area contributed by atoms with Crippen LogP contribution in [0.15, 0.2) is 42.5 Å². The molecule has 0 bridgehead atoms. The number of para-hydroxylation sites is 1. The van der Waals surface area contributed by atoms with E-state index in [4.69, 9.17) is 4.74 Å². The van der Waals surface area contributed by atoms with Gasteiger partial charge in [0.05, 0.1) is 6.10 Å². The van der Waals surface area contributed by atoms with Crippen molar-refractivity contribution < 1.29 is 9.84 Å². The highest BCUT2D eigenvalue weighted by molar-refractivity contribution is 5.37. The summed E-state index contributed by atoms with van der Waals surface area (Å²) >= 11 is 0. The van der Waals surface area contributed by atoms with Crippen LogP contribution in [0.2, 0.25) is 0 Å². The quantitative estimate of drug-likeness (QED) is 0.898. The zero-order valence-corrected chi connectivity index (χ0v) is 11.7. The summed E-state index contributed by atoms with van der Waals surface area (Å²) in [6.07, 6.45) is -0.519. The van der Waals surface area contributed by atoms with Gasteiger partial charge in [-0.2, -0.15) is 0 Å². The largest absolute Gasteiger partial charge is 0.489 e. The molecule has 2 aromatic rings. The molecule has 0 unspecified atom stereocenters. The maximum atomic E-state index is 9.73. The van der Waals surface area contributed by atoms with Crippen LogP contribution in [0.25, 0.3) is 0 Å². The topological polar surface area (TPSA) is 29.5 Å².